The van der Waals surface area contributed by atoms with Crippen LogP contribution < -0.4 is 14.4 Å². The normalized spacial score (nSPS) is 12.6. The first-order valence-electron chi connectivity index (χ1n) is 15.1. The number of hydrogen-bond acceptors (Lipinski definition) is 5. The minimum atomic E-state index is -4.18. The number of aryl methyl sites for hydroxylation is 2. The summed E-state index contributed by atoms with van der Waals surface area (Å²) in [6, 6.07) is 29.0. The van der Waals surface area contributed by atoms with Crippen LogP contribution in [-0.4, -0.2) is 43.8 Å². The molecule has 0 aliphatic heterocycles. The summed E-state index contributed by atoms with van der Waals surface area (Å²) in [6.07, 6.45) is 0.733. The molecule has 0 radical (unpaired) electrons. The van der Waals surface area contributed by atoms with Crippen LogP contribution in [0.15, 0.2) is 108 Å². The second-order valence-corrected chi connectivity index (χ2v) is 13.0. The first kappa shape index (κ1) is 33.3. The molecule has 0 aliphatic carbocycles. The number of sulfonamides is 1. The first-order valence-corrected chi connectivity index (χ1v) is 16.5. The van der Waals surface area contributed by atoms with E-state index in [0.29, 0.717) is 11.5 Å². The van der Waals surface area contributed by atoms with Crippen molar-refractivity contribution in [2.45, 2.75) is 64.6 Å². The maximum atomic E-state index is 14.2. The van der Waals surface area contributed by atoms with Crippen molar-refractivity contribution in [1.82, 2.24) is 10.2 Å². The number of nitrogens with one attached hydrogen (secondary N) is 1. The van der Waals surface area contributed by atoms with Gasteiger partial charge in [0.2, 0.25) is 11.8 Å². The highest BCUT2D eigenvalue weighted by molar-refractivity contribution is 7.92. The number of amides is 2. The minimum absolute atomic E-state index is 0.0542. The van der Waals surface area contributed by atoms with E-state index < -0.39 is 28.5 Å². The van der Waals surface area contributed by atoms with Crippen LogP contribution >= 0.6 is 0 Å². The molecule has 4 aromatic carbocycles. The number of nitrogens with zero attached hydrogens (tertiary/aromatic N) is 2. The molecule has 0 bridgehead atoms. The Kier molecular flexibility index (Phi) is 11.0. The smallest absolute Gasteiger partial charge is 0.264 e. The number of carbonyl (C=O) groups excluding carboxylic acids is 2. The Morgan fingerprint density at radius 2 is 1.40 bits per heavy atom. The molecular formula is C36H41N3O5S. The summed E-state index contributed by atoms with van der Waals surface area (Å²) in [7, 11) is -4.18. The van der Waals surface area contributed by atoms with Gasteiger partial charge in [-0.3, -0.25) is 13.9 Å². The van der Waals surface area contributed by atoms with Crippen molar-refractivity contribution in [3.05, 3.63) is 120 Å². The minimum Gasteiger partial charge on any atom is -0.457 e. The van der Waals surface area contributed by atoms with Crippen LogP contribution in [0, 0.1) is 13.8 Å². The third-order valence-corrected chi connectivity index (χ3v) is 9.55. The average Bonchev–Trinajstić information content (AvgIpc) is 3.03. The van der Waals surface area contributed by atoms with E-state index in [2.05, 4.69) is 5.32 Å². The zero-order valence-electron chi connectivity index (χ0n) is 26.4. The molecule has 2 atom stereocenters. The molecule has 0 aliphatic rings. The van der Waals surface area contributed by atoms with Gasteiger partial charge in [-0.1, -0.05) is 67.1 Å². The van der Waals surface area contributed by atoms with Gasteiger partial charge in [-0.05, 0) is 93.8 Å². The van der Waals surface area contributed by atoms with Gasteiger partial charge in [-0.25, -0.2) is 8.42 Å². The number of rotatable bonds is 13. The maximum Gasteiger partial charge on any atom is 0.264 e. The lowest BCUT2D eigenvalue weighted by molar-refractivity contribution is -0.139. The molecule has 45 heavy (non-hydrogen) atoms. The van der Waals surface area contributed by atoms with Gasteiger partial charge >= 0.3 is 0 Å². The monoisotopic (exact) mass is 627 g/mol. The van der Waals surface area contributed by atoms with Gasteiger partial charge < -0.3 is 15.0 Å². The molecule has 236 valence electrons. The van der Waals surface area contributed by atoms with Gasteiger partial charge in [0.1, 0.15) is 24.1 Å². The largest absolute Gasteiger partial charge is 0.457 e. The Balaban J connectivity index is 1.71. The molecule has 4 aromatic rings. The second-order valence-electron chi connectivity index (χ2n) is 11.2. The van der Waals surface area contributed by atoms with E-state index in [-0.39, 0.29) is 29.1 Å². The molecule has 0 aromatic heterocycles. The second kappa shape index (κ2) is 14.9. The Bertz CT molecular complexity index is 1690. The predicted octanol–water partition coefficient (Wildman–Crippen LogP) is 6.62. The number of benzene rings is 4. The fourth-order valence-corrected chi connectivity index (χ4v) is 6.10. The lowest BCUT2D eigenvalue weighted by Gasteiger charge is -2.32. The highest BCUT2D eigenvalue weighted by Gasteiger charge is 2.33. The maximum absolute atomic E-state index is 14.2. The van der Waals surface area contributed by atoms with Crippen LogP contribution in [0.3, 0.4) is 0 Å². The van der Waals surface area contributed by atoms with Crippen molar-refractivity contribution in [3.8, 4) is 11.5 Å². The summed E-state index contributed by atoms with van der Waals surface area (Å²) >= 11 is 0. The summed E-state index contributed by atoms with van der Waals surface area (Å²) in [6.45, 7) is 8.98. The van der Waals surface area contributed by atoms with Crippen molar-refractivity contribution in [1.29, 1.82) is 0 Å². The van der Waals surface area contributed by atoms with Gasteiger partial charge in [-0.2, -0.15) is 0 Å². The van der Waals surface area contributed by atoms with Gasteiger partial charge in [0.05, 0.1) is 10.6 Å². The van der Waals surface area contributed by atoms with Crippen molar-refractivity contribution in [3.63, 3.8) is 0 Å². The molecule has 0 fully saturated rings. The van der Waals surface area contributed by atoms with E-state index >= 15 is 0 Å². The number of anilines is 1. The Morgan fingerprint density at radius 3 is 2.02 bits per heavy atom. The molecule has 8 nitrogen and oxygen atoms in total. The number of para-hydroxylation sites is 1. The van der Waals surface area contributed by atoms with Crippen molar-refractivity contribution in [2.75, 3.05) is 10.8 Å². The summed E-state index contributed by atoms with van der Waals surface area (Å²) in [5.41, 5.74) is 3.02. The number of ether oxygens (including phenoxy) is 1. The van der Waals surface area contributed by atoms with Crippen LogP contribution in [0.25, 0.3) is 0 Å². The van der Waals surface area contributed by atoms with E-state index in [9.17, 15) is 18.0 Å². The molecule has 0 saturated heterocycles. The summed E-state index contributed by atoms with van der Waals surface area (Å²) in [5.74, 6) is 0.341. The Labute approximate surface area is 266 Å². The van der Waals surface area contributed by atoms with E-state index in [1.165, 1.54) is 17.0 Å². The lowest BCUT2D eigenvalue weighted by atomic mass is 10.1. The molecular weight excluding hydrogens is 586 g/mol. The summed E-state index contributed by atoms with van der Waals surface area (Å²) in [4.78, 5) is 29.0. The third-order valence-electron chi connectivity index (χ3n) is 7.76. The molecule has 2 amide bonds. The third kappa shape index (κ3) is 8.51. The first-order chi connectivity index (χ1) is 21.5. The lowest BCUT2D eigenvalue weighted by Crippen LogP contribution is -2.52. The number of carbonyl (C=O) groups is 2. The van der Waals surface area contributed by atoms with Crippen molar-refractivity contribution >= 4 is 27.5 Å². The van der Waals surface area contributed by atoms with Crippen LogP contribution in [-0.2, 0) is 26.2 Å². The molecule has 0 saturated carbocycles. The Morgan fingerprint density at radius 1 is 0.800 bits per heavy atom. The summed E-state index contributed by atoms with van der Waals surface area (Å²) < 4.78 is 35.2. The van der Waals surface area contributed by atoms with Crippen LogP contribution in [0.2, 0.25) is 0 Å². The molecule has 1 N–H and O–H groups in total. The summed E-state index contributed by atoms with van der Waals surface area (Å²) in [5, 5.41) is 2.96. The van der Waals surface area contributed by atoms with Crippen molar-refractivity contribution in [2.24, 2.45) is 0 Å². The average molecular weight is 628 g/mol. The highest BCUT2D eigenvalue weighted by Crippen LogP contribution is 2.29. The zero-order valence-corrected chi connectivity index (χ0v) is 27.3. The number of hydrogen-bond donors (Lipinski definition) is 1. The van der Waals surface area contributed by atoms with E-state index in [4.69, 9.17) is 4.74 Å². The molecule has 0 spiro atoms. The van der Waals surface area contributed by atoms with Crippen LogP contribution in [0.4, 0.5) is 5.69 Å². The van der Waals surface area contributed by atoms with Crippen molar-refractivity contribution < 1.29 is 22.7 Å². The molecule has 9 heteroatoms. The SMILES string of the molecule is CC[C@H](C)NC(=O)[C@H](C)N(Cc1ccccc1C)C(=O)CN(c1ccc(Oc2ccccc2)cc1)S(=O)(=O)c1ccc(C)cc1. The predicted molar refractivity (Wildman–Crippen MR) is 178 cm³/mol. The standard InChI is InChI=1S/C36H41N3O5S/c1-6-28(4)37-36(41)29(5)38(24-30-13-11-10-12-27(30)3)35(40)25-39(45(42,43)34-22-16-26(2)17-23-34)31-18-20-33(21-19-31)44-32-14-8-7-9-15-32/h7-23,28-29H,6,24-25H2,1-5H3,(H,37,41)/t28-,29-/m0/s1. The molecule has 4 rings (SSSR count). The Hall–Kier alpha value is -4.63. The topological polar surface area (TPSA) is 96.0 Å². The van der Waals surface area contributed by atoms with Gasteiger partial charge in [0, 0.05) is 12.6 Å². The fraction of sp³-hybridized carbons (Fsp3) is 0.278. The quantitative estimate of drug-likeness (QED) is 0.180. The van der Waals surface area contributed by atoms with E-state index in [1.54, 1.807) is 43.3 Å². The van der Waals surface area contributed by atoms with E-state index in [1.807, 2.05) is 82.3 Å². The molecule has 0 heterocycles. The van der Waals surface area contributed by atoms with Crippen LogP contribution in [0.5, 0.6) is 11.5 Å². The van der Waals surface area contributed by atoms with Gasteiger partial charge in [-0.15, -0.1) is 0 Å². The van der Waals surface area contributed by atoms with Gasteiger partial charge in [0.15, 0.2) is 0 Å². The van der Waals surface area contributed by atoms with E-state index in [0.717, 1.165) is 27.4 Å². The van der Waals surface area contributed by atoms with Crippen LogP contribution in [0.1, 0.15) is 43.9 Å². The zero-order chi connectivity index (χ0) is 32.6. The molecule has 0 unspecified atom stereocenters. The van der Waals surface area contributed by atoms with Gasteiger partial charge in [0.25, 0.3) is 10.0 Å². The highest BCUT2D eigenvalue weighted by atomic mass is 32.2. The fourth-order valence-electron chi connectivity index (χ4n) is 4.69.